The smallest absolute Gasteiger partial charge is 0.00187 e. The lowest BCUT2D eigenvalue weighted by atomic mass is 10.1. The normalized spacial score (nSPS) is 17.5. The Morgan fingerprint density at radius 1 is 0.647 bits per heavy atom. The molecule has 0 aromatic heterocycles. The van der Waals surface area contributed by atoms with Crippen LogP contribution in [0.25, 0.3) is 0 Å². The number of piperidine rings is 1. The van der Waals surface area contributed by atoms with Crippen LogP contribution in [0.1, 0.15) is 84.0 Å². The molecule has 0 aliphatic carbocycles. The van der Waals surface area contributed by atoms with Gasteiger partial charge in [-0.15, -0.1) is 0 Å². The van der Waals surface area contributed by atoms with Crippen LogP contribution in [-0.4, -0.2) is 24.5 Å². The molecule has 0 aromatic rings. The van der Waals surface area contributed by atoms with Crippen molar-refractivity contribution in [3.63, 3.8) is 0 Å². The highest BCUT2D eigenvalue weighted by atomic mass is 15.1. The van der Waals surface area contributed by atoms with Crippen molar-refractivity contribution in [1.29, 1.82) is 0 Å². The topological polar surface area (TPSA) is 3.24 Å². The predicted molar refractivity (Wildman–Crippen MR) is 77.5 cm³/mol. The highest BCUT2D eigenvalue weighted by molar-refractivity contribution is 4.64. The molecule has 0 bridgehead atoms. The Balaban J connectivity index is 1.75. The highest BCUT2D eigenvalue weighted by Gasteiger charge is 2.08. The van der Waals surface area contributed by atoms with Gasteiger partial charge in [0.25, 0.3) is 0 Å². The first-order chi connectivity index (χ1) is 8.43. The molecule has 17 heavy (non-hydrogen) atoms. The van der Waals surface area contributed by atoms with E-state index in [1.54, 1.807) is 0 Å². The van der Waals surface area contributed by atoms with Crippen LogP contribution in [0.3, 0.4) is 0 Å². The zero-order valence-electron chi connectivity index (χ0n) is 12.1. The minimum absolute atomic E-state index is 1.37. The zero-order valence-corrected chi connectivity index (χ0v) is 12.1. The molecular weight excluding hydrogens is 206 g/mol. The first kappa shape index (κ1) is 15.0. The van der Waals surface area contributed by atoms with Gasteiger partial charge in [0.2, 0.25) is 0 Å². The van der Waals surface area contributed by atoms with Crippen molar-refractivity contribution in [2.45, 2.75) is 84.0 Å². The fourth-order valence-electron chi connectivity index (χ4n) is 2.83. The Kier molecular flexibility index (Phi) is 9.78. The zero-order chi connectivity index (χ0) is 12.2. The number of rotatable bonds is 10. The summed E-state index contributed by atoms with van der Waals surface area (Å²) in [4.78, 5) is 2.67. The number of nitrogens with zero attached hydrogens (tertiary/aromatic N) is 1. The maximum atomic E-state index is 2.67. The molecule has 0 N–H and O–H groups in total. The summed E-state index contributed by atoms with van der Waals surface area (Å²) in [5, 5.41) is 0. The lowest BCUT2D eigenvalue weighted by Crippen LogP contribution is -2.30. The lowest BCUT2D eigenvalue weighted by Gasteiger charge is -2.26. The molecule has 1 fully saturated rings. The molecular formula is C16H33N. The average Bonchev–Trinajstić information content (AvgIpc) is 2.38. The molecule has 0 radical (unpaired) electrons. The van der Waals surface area contributed by atoms with Gasteiger partial charge in [-0.2, -0.15) is 0 Å². The van der Waals surface area contributed by atoms with Crippen molar-refractivity contribution >= 4 is 0 Å². The van der Waals surface area contributed by atoms with Gasteiger partial charge in [0, 0.05) is 0 Å². The van der Waals surface area contributed by atoms with E-state index in [-0.39, 0.29) is 0 Å². The molecule has 1 heterocycles. The summed E-state index contributed by atoms with van der Waals surface area (Å²) in [6.07, 6.45) is 17.4. The average molecular weight is 239 g/mol. The summed E-state index contributed by atoms with van der Waals surface area (Å²) >= 11 is 0. The summed E-state index contributed by atoms with van der Waals surface area (Å²) in [6, 6.07) is 0. The second-order valence-electron chi connectivity index (χ2n) is 5.73. The van der Waals surface area contributed by atoms with Crippen molar-refractivity contribution in [2.24, 2.45) is 0 Å². The van der Waals surface area contributed by atoms with Crippen LogP contribution in [0.2, 0.25) is 0 Å². The van der Waals surface area contributed by atoms with E-state index < -0.39 is 0 Å². The number of likely N-dealkylation sites (tertiary alicyclic amines) is 1. The second kappa shape index (κ2) is 11.1. The van der Waals surface area contributed by atoms with Gasteiger partial charge in [-0.05, 0) is 38.9 Å². The van der Waals surface area contributed by atoms with E-state index >= 15 is 0 Å². The molecule has 1 aliphatic heterocycles. The Morgan fingerprint density at radius 3 is 1.76 bits per heavy atom. The first-order valence-corrected chi connectivity index (χ1v) is 8.16. The highest BCUT2D eigenvalue weighted by Crippen LogP contribution is 2.12. The van der Waals surface area contributed by atoms with Crippen LogP contribution in [0.4, 0.5) is 0 Å². The maximum absolute atomic E-state index is 2.67. The minimum Gasteiger partial charge on any atom is -0.303 e. The van der Waals surface area contributed by atoms with Crippen molar-refractivity contribution in [2.75, 3.05) is 19.6 Å². The minimum atomic E-state index is 1.37. The molecule has 102 valence electrons. The Hall–Kier alpha value is -0.0400. The van der Waals surface area contributed by atoms with Gasteiger partial charge in [-0.3, -0.25) is 0 Å². The third-order valence-corrected chi connectivity index (χ3v) is 4.03. The molecule has 1 nitrogen and oxygen atoms in total. The SMILES string of the molecule is CCCCCCCCCCCN1CCCCC1. The Morgan fingerprint density at radius 2 is 1.18 bits per heavy atom. The quantitative estimate of drug-likeness (QED) is 0.485. The fourth-order valence-corrected chi connectivity index (χ4v) is 2.83. The van der Waals surface area contributed by atoms with Crippen molar-refractivity contribution < 1.29 is 0 Å². The third-order valence-electron chi connectivity index (χ3n) is 4.03. The second-order valence-corrected chi connectivity index (χ2v) is 5.73. The molecule has 1 aliphatic rings. The van der Waals surface area contributed by atoms with Gasteiger partial charge in [-0.25, -0.2) is 0 Å². The van der Waals surface area contributed by atoms with Gasteiger partial charge in [0.1, 0.15) is 0 Å². The standard InChI is InChI=1S/C16H33N/c1-2-3-4-5-6-7-8-9-11-14-17-15-12-10-13-16-17/h2-16H2,1H3. The van der Waals surface area contributed by atoms with Crippen LogP contribution >= 0.6 is 0 Å². The van der Waals surface area contributed by atoms with E-state index in [2.05, 4.69) is 11.8 Å². The Bertz CT molecular complexity index is 150. The molecule has 1 rings (SSSR count). The van der Waals surface area contributed by atoms with E-state index in [4.69, 9.17) is 0 Å². The molecule has 1 heteroatoms. The molecule has 0 saturated carbocycles. The number of hydrogen-bond donors (Lipinski definition) is 0. The van der Waals surface area contributed by atoms with E-state index in [9.17, 15) is 0 Å². The molecule has 0 spiro atoms. The van der Waals surface area contributed by atoms with Crippen molar-refractivity contribution in [3.8, 4) is 0 Å². The molecule has 0 amide bonds. The van der Waals surface area contributed by atoms with E-state index in [1.807, 2.05) is 0 Å². The van der Waals surface area contributed by atoms with E-state index in [1.165, 1.54) is 96.7 Å². The van der Waals surface area contributed by atoms with Crippen LogP contribution in [-0.2, 0) is 0 Å². The molecule has 0 aromatic carbocycles. The summed E-state index contributed by atoms with van der Waals surface area (Å²) in [5.74, 6) is 0. The number of hydrogen-bond acceptors (Lipinski definition) is 1. The number of unbranched alkanes of at least 4 members (excludes halogenated alkanes) is 8. The van der Waals surface area contributed by atoms with Gasteiger partial charge < -0.3 is 4.90 Å². The molecule has 1 saturated heterocycles. The fraction of sp³-hybridized carbons (Fsp3) is 1.00. The summed E-state index contributed by atoms with van der Waals surface area (Å²) < 4.78 is 0. The maximum Gasteiger partial charge on any atom is -0.00187 e. The van der Waals surface area contributed by atoms with Gasteiger partial charge >= 0.3 is 0 Å². The predicted octanol–water partition coefficient (Wildman–Crippen LogP) is 5.00. The Labute approximate surface area is 109 Å². The largest absolute Gasteiger partial charge is 0.303 e. The third kappa shape index (κ3) is 8.65. The first-order valence-electron chi connectivity index (χ1n) is 8.16. The van der Waals surface area contributed by atoms with Crippen LogP contribution in [0.15, 0.2) is 0 Å². The van der Waals surface area contributed by atoms with Gasteiger partial charge in [0.05, 0.1) is 0 Å². The van der Waals surface area contributed by atoms with Gasteiger partial charge in [0.15, 0.2) is 0 Å². The van der Waals surface area contributed by atoms with Crippen LogP contribution in [0, 0.1) is 0 Å². The van der Waals surface area contributed by atoms with Crippen LogP contribution < -0.4 is 0 Å². The summed E-state index contributed by atoms with van der Waals surface area (Å²) in [6.45, 7) is 6.41. The van der Waals surface area contributed by atoms with Crippen molar-refractivity contribution in [3.05, 3.63) is 0 Å². The van der Waals surface area contributed by atoms with Crippen molar-refractivity contribution in [1.82, 2.24) is 4.90 Å². The molecule has 0 unspecified atom stereocenters. The van der Waals surface area contributed by atoms with E-state index in [0.717, 1.165) is 0 Å². The van der Waals surface area contributed by atoms with Crippen LogP contribution in [0.5, 0.6) is 0 Å². The van der Waals surface area contributed by atoms with Gasteiger partial charge in [-0.1, -0.05) is 64.7 Å². The lowest BCUT2D eigenvalue weighted by molar-refractivity contribution is 0.224. The monoisotopic (exact) mass is 239 g/mol. The van der Waals surface area contributed by atoms with E-state index in [0.29, 0.717) is 0 Å². The summed E-state index contributed by atoms with van der Waals surface area (Å²) in [5.41, 5.74) is 0. The molecule has 0 atom stereocenters. The summed E-state index contributed by atoms with van der Waals surface area (Å²) in [7, 11) is 0.